The number of hydrogen-bond acceptors (Lipinski definition) is 3. The summed E-state index contributed by atoms with van der Waals surface area (Å²) in [5, 5.41) is 3.38. The van der Waals surface area contributed by atoms with Crippen LogP contribution in [-0.4, -0.2) is 23.5 Å². The van der Waals surface area contributed by atoms with Crippen LogP contribution in [0.1, 0.15) is 18.4 Å². The molecule has 15 heavy (non-hydrogen) atoms. The Morgan fingerprint density at radius 3 is 2.93 bits per heavy atom. The average Bonchev–Trinajstić information content (AvgIpc) is 2.23. The molecule has 0 saturated heterocycles. The molecule has 0 bridgehead atoms. The first kappa shape index (κ1) is 12.8. The highest BCUT2D eigenvalue weighted by atomic mass is 79.9. The first-order valence-electron chi connectivity index (χ1n) is 5.09. The standard InChI is InChI=1S/C11H17BrN2S/c1-9-7-10(8-14-11(9)12)13-5-3-4-6-15-2/h7-8,13H,3-6H2,1-2H3. The maximum Gasteiger partial charge on any atom is 0.109 e. The molecule has 0 spiro atoms. The van der Waals surface area contributed by atoms with Crippen molar-refractivity contribution >= 4 is 33.4 Å². The van der Waals surface area contributed by atoms with Crippen molar-refractivity contribution in [3.63, 3.8) is 0 Å². The number of pyridine rings is 1. The molecule has 1 rings (SSSR count). The van der Waals surface area contributed by atoms with E-state index in [9.17, 15) is 0 Å². The largest absolute Gasteiger partial charge is 0.384 e. The van der Waals surface area contributed by atoms with Gasteiger partial charge in [-0.1, -0.05) is 0 Å². The van der Waals surface area contributed by atoms with Gasteiger partial charge in [0.1, 0.15) is 4.60 Å². The predicted molar refractivity (Wildman–Crippen MR) is 72.8 cm³/mol. The summed E-state index contributed by atoms with van der Waals surface area (Å²) in [6.07, 6.45) is 6.51. The molecule has 0 saturated carbocycles. The second kappa shape index (κ2) is 7.12. The lowest BCUT2D eigenvalue weighted by molar-refractivity contribution is 0.842. The van der Waals surface area contributed by atoms with E-state index in [0.29, 0.717) is 0 Å². The summed E-state index contributed by atoms with van der Waals surface area (Å²) in [4.78, 5) is 4.24. The molecule has 0 atom stereocenters. The summed E-state index contributed by atoms with van der Waals surface area (Å²) >= 11 is 5.30. The Kier molecular flexibility index (Phi) is 6.10. The first-order valence-corrected chi connectivity index (χ1v) is 7.27. The number of nitrogens with zero attached hydrogens (tertiary/aromatic N) is 1. The van der Waals surface area contributed by atoms with Crippen LogP contribution in [0.2, 0.25) is 0 Å². The van der Waals surface area contributed by atoms with Gasteiger partial charge in [-0.3, -0.25) is 0 Å². The molecule has 0 aliphatic carbocycles. The molecule has 0 aliphatic rings. The molecule has 1 N–H and O–H groups in total. The quantitative estimate of drug-likeness (QED) is 0.638. The fourth-order valence-corrected chi connectivity index (χ4v) is 1.97. The number of anilines is 1. The fraction of sp³-hybridized carbons (Fsp3) is 0.545. The summed E-state index contributed by atoms with van der Waals surface area (Å²) < 4.78 is 0.926. The van der Waals surface area contributed by atoms with Gasteiger partial charge in [-0.25, -0.2) is 4.98 Å². The van der Waals surface area contributed by atoms with Gasteiger partial charge in [0, 0.05) is 6.54 Å². The van der Waals surface area contributed by atoms with Gasteiger partial charge in [0.15, 0.2) is 0 Å². The zero-order valence-electron chi connectivity index (χ0n) is 9.22. The third-order valence-electron chi connectivity index (χ3n) is 2.12. The van der Waals surface area contributed by atoms with Crippen LogP contribution in [-0.2, 0) is 0 Å². The van der Waals surface area contributed by atoms with Crippen molar-refractivity contribution in [1.29, 1.82) is 0 Å². The Labute approximate surface area is 104 Å². The number of nitrogens with one attached hydrogen (secondary N) is 1. The lowest BCUT2D eigenvalue weighted by atomic mass is 10.3. The van der Waals surface area contributed by atoms with E-state index in [1.165, 1.54) is 24.2 Å². The number of thioether (sulfide) groups is 1. The summed E-state index contributed by atoms with van der Waals surface area (Å²) in [5.74, 6) is 1.25. The molecule has 84 valence electrons. The highest BCUT2D eigenvalue weighted by molar-refractivity contribution is 9.10. The lowest BCUT2D eigenvalue weighted by Gasteiger charge is -2.07. The minimum Gasteiger partial charge on any atom is -0.384 e. The second-order valence-electron chi connectivity index (χ2n) is 3.46. The minimum absolute atomic E-state index is 0.926. The van der Waals surface area contributed by atoms with Crippen LogP contribution in [0.15, 0.2) is 16.9 Å². The predicted octanol–water partition coefficient (Wildman–Crippen LogP) is 3.71. The lowest BCUT2D eigenvalue weighted by Crippen LogP contribution is -2.02. The molecule has 0 radical (unpaired) electrons. The number of unbranched alkanes of at least 4 members (excludes halogenated alkanes) is 1. The molecule has 0 amide bonds. The van der Waals surface area contributed by atoms with Crippen LogP contribution in [0.5, 0.6) is 0 Å². The molecule has 0 unspecified atom stereocenters. The van der Waals surface area contributed by atoms with Gasteiger partial charge in [-0.2, -0.15) is 11.8 Å². The van der Waals surface area contributed by atoms with Crippen molar-refractivity contribution in [1.82, 2.24) is 4.98 Å². The van der Waals surface area contributed by atoms with Gasteiger partial charge in [-0.05, 0) is 59.3 Å². The molecular formula is C11H17BrN2S. The number of rotatable bonds is 6. The SMILES string of the molecule is CSCCCCNc1cnc(Br)c(C)c1. The molecule has 0 aliphatic heterocycles. The van der Waals surface area contributed by atoms with E-state index in [1.54, 1.807) is 0 Å². The fourth-order valence-electron chi connectivity index (χ4n) is 1.26. The Morgan fingerprint density at radius 2 is 2.27 bits per heavy atom. The highest BCUT2D eigenvalue weighted by Crippen LogP contribution is 2.16. The van der Waals surface area contributed by atoms with Gasteiger partial charge in [-0.15, -0.1) is 0 Å². The molecule has 1 heterocycles. The van der Waals surface area contributed by atoms with Crippen molar-refractivity contribution in [2.45, 2.75) is 19.8 Å². The summed E-state index contributed by atoms with van der Waals surface area (Å²) in [6.45, 7) is 3.08. The molecule has 0 aromatic carbocycles. The Balaban J connectivity index is 2.28. The van der Waals surface area contributed by atoms with Gasteiger partial charge in [0.05, 0.1) is 11.9 Å². The monoisotopic (exact) mass is 288 g/mol. The second-order valence-corrected chi connectivity index (χ2v) is 5.20. The highest BCUT2D eigenvalue weighted by Gasteiger charge is 1.97. The number of aromatic nitrogens is 1. The number of aryl methyl sites for hydroxylation is 1. The average molecular weight is 289 g/mol. The summed E-state index contributed by atoms with van der Waals surface area (Å²) in [5.41, 5.74) is 2.28. The number of hydrogen-bond donors (Lipinski definition) is 1. The van der Waals surface area contributed by atoms with E-state index in [4.69, 9.17) is 0 Å². The van der Waals surface area contributed by atoms with Crippen molar-refractivity contribution < 1.29 is 0 Å². The maximum absolute atomic E-state index is 4.24. The van der Waals surface area contributed by atoms with E-state index in [1.807, 2.05) is 18.0 Å². The van der Waals surface area contributed by atoms with E-state index >= 15 is 0 Å². The van der Waals surface area contributed by atoms with Crippen molar-refractivity contribution in [2.24, 2.45) is 0 Å². The third-order valence-corrected chi connectivity index (χ3v) is 3.65. The van der Waals surface area contributed by atoms with Crippen LogP contribution < -0.4 is 5.32 Å². The van der Waals surface area contributed by atoms with Crippen LogP contribution in [0, 0.1) is 6.92 Å². The smallest absolute Gasteiger partial charge is 0.109 e. The van der Waals surface area contributed by atoms with Crippen LogP contribution >= 0.6 is 27.7 Å². The van der Waals surface area contributed by atoms with E-state index < -0.39 is 0 Å². The Morgan fingerprint density at radius 1 is 1.47 bits per heavy atom. The third kappa shape index (κ3) is 4.89. The van der Waals surface area contributed by atoms with E-state index in [-0.39, 0.29) is 0 Å². The maximum atomic E-state index is 4.24. The zero-order chi connectivity index (χ0) is 11.1. The van der Waals surface area contributed by atoms with Crippen molar-refractivity contribution in [3.05, 3.63) is 22.4 Å². The first-order chi connectivity index (χ1) is 7.24. The van der Waals surface area contributed by atoms with Crippen LogP contribution in [0.4, 0.5) is 5.69 Å². The number of halogens is 1. The zero-order valence-corrected chi connectivity index (χ0v) is 11.6. The van der Waals surface area contributed by atoms with E-state index in [0.717, 1.165) is 16.8 Å². The molecule has 0 fully saturated rings. The van der Waals surface area contributed by atoms with Crippen LogP contribution in [0.25, 0.3) is 0 Å². The summed E-state index contributed by atoms with van der Waals surface area (Å²) in [7, 11) is 0. The van der Waals surface area contributed by atoms with Gasteiger partial charge in [0.25, 0.3) is 0 Å². The molecule has 1 aromatic rings. The van der Waals surface area contributed by atoms with Crippen LogP contribution in [0.3, 0.4) is 0 Å². The Bertz CT molecular complexity index is 305. The van der Waals surface area contributed by atoms with Gasteiger partial charge >= 0.3 is 0 Å². The molecule has 2 nitrogen and oxygen atoms in total. The molecule has 1 aromatic heterocycles. The minimum atomic E-state index is 0.926. The van der Waals surface area contributed by atoms with Crippen molar-refractivity contribution in [2.75, 3.05) is 23.9 Å². The normalized spacial score (nSPS) is 10.3. The molecular weight excluding hydrogens is 272 g/mol. The topological polar surface area (TPSA) is 24.9 Å². The van der Waals surface area contributed by atoms with Gasteiger partial charge < -0.3 is 5.32 Å². The Hall–Kier alpha value is -0.220. The van der Waals surface area contributed by atoms with Gasteiger partial charge in [0.2, 0.25) is 0 Å². The molecule has 4 heteroatoms. The van der Waals surface area contributed by atoms with E-state index in [2.05, 4.69) is 45.5 Å². The van der Waals surface area contributed by atoms with Crippen molar-refractivity contribution in [3.8, 4) is 0 Å². The summed E-state index contributed by atoms with van der Waals surface area (Å²) in [6, 6.07) is 2.12.